The van der Waals surface area contributed by atoms with E-state index >= 15 is 0 Å². The van der Waals surface area contributed by atoms with Gasteiger partial charge in [-0.2, -0.15) is 0 Å². The van der Waals surface area contributed by atoms with Crippen molar-refractivity contribution in [3.8, 4) is 0 Å². The highest BCUT2D eigenvalue weighted by atomic mass is 35.5. The lowest BCUT2D eigenvalue weighted by Crippen LogP contribution is -2.32. The van der Waals surface area contributed by atoms with Gasteiger partial charge in [0.1, 0.15) is 0 Å². The molecule has 41 heavy (non-hydrogen) atoms. The van der Waals surface area contributed by atoms with E-state index in [1.807, 2.05) is 71.6 Å². The van der Waals surface area contributed by atoms with Crippen LogP contribution in [0.15, 0.2) is 66.2 Å². The summed E-state index contributed by atoms with van der Waals surface area (Å²) in [6.45, 7) is 25.8. The number of methoxy groups -OCH3 is 1. The number of carbonyl (C=O) groups is 1. The van der Waals surface area contributed by atoms with Crippen molar-refractivity contribution in [2.45, 2.75) is 100 Å². The van der Waals surface area contributed by atoms with Crippen LogP contribution in [-0.2, 0) is 10.2 Å². The number of aliphatic imine (C=N–C) groups is 1. The molecule has 2 aromatic carbocycles. The number of ether oxygens (including phenoxy) is 1. The van der Waals surface area contributed by atoms with Crippen molar-refractivity contribution in [1.29, 1.82) is 0 Å². The smallest absolute Gasteiger partial charge is 0.253 e. The number of hydrogen-bond acceptors (Lipinski definition) is 3. The number of hydrogen-bond donors (Lipinski definition) is 0. The summed E-state index contributed by atoms with van der Waals surface area (Å²) in [6.07, 6.45) is 6.65. The molecule has 1 atom stereocenters. The first-order chi connectivity index (χ1) is 19.6. The van der Waals surface area contributed by atoms with Gasteiger partial charge in [0, 0.05) is 42.6 Å². The Balaban J connectivity index is 0.00000250. The molecule has 1 fully saturated rings. The molecule has 0 saturated carbocycles. The van der Waals surface area contributed by atoms with Crippen LogP contribution in [0.3, 0.4) is 0 Å². The summed E-state index contributed by atoms with van der Waals surface area (Å²) in [5.74, 6) is 0.0102. The van der Waals surface area contributed by atoms with E-state index in [9.17, 15) is 4.79 Å². The normalized spacial score (nSPS) is 15.6. The summed E-state index contributed by atoms with van der Waals surface area (Å²) in [4.78, 5) is 19.9. The SMILES string of the molecule is C=C/C=C(\N=C(C)c1ccc(C(=O)N2CCCC(OC)CC2)cc1Cl)c1cccc(C(C)(C)C)c1.CC.CC.CC. The van der Waals surface area contributed by atoms with Gasteiger partial charge in [-0.3, -0.25) is 9.79 Å². The molecule has 0 bridgehead atoms. The minimum Gasteiger partial charge on any atom is -0.381 e. The zero-order valence-corrected chi connectivity index (χ0v) is 28.4. The lowest BCUT2D eigenvalue weighted by molar-refractivity contribution is 0.0723. The molecule has 4 nitrogen and oxygen atoms in total. The Hall–Kier alpha value is -2.69. The molecule has 0 aliphatic carbocycles. The van der Waals surface area contributed by atoms with Gasteiger partial charge in [0.2, 0.25) is 0 Å². The zero-order chi connectivity index (χ0) is 31.6. The Morgan fingerprint density at radius 3 is 2.22 bits per heavy atom. The van der Waals surface area contributed by atoms with Gasteiger partial charge < -0.3 is 9.64 Å². The summed E-state index contributed by atoms with van der Waals surface area (Å²) in [6, 6.07) is 13.9. The highest BCUT2D eigenvalue weighted by molar-refractivity contribution is 6.34. The maximum absolute atomic E-state index is 13.1. The van der Waals surface area contributed by atoms with E-state index in [4.69, 9.17) is 21.3 Å². The average Bonchev–Trinajstić information content (AvgIpc) is 3.25. The van der Waals surface area contributed by atoms with Crippen molar-refractivity contribution in [2.75, 3.05) is 20.2 Å². The number of rotatable bonds is 6. The van der Waals surface area contributed by atoms with Gasteiger partial charge in [-0.1, -0.05) is 111 Å². The second kappa shape index (κ2) is 20.2. The fourth-order valence-electron chi connectivity index (χ4n) is 4.32. The van der Waals surface area contributed by atoms with Gasteiger partial charge in [0.25, 0.3) is 5.91 Å². The third-order valence-corrected chi connectivity index (χ3v) is 6.80. The standard InChI is InChI=1S/C30H37ClN2O2.3C2H6/c1-7-10-28(22-11-8-12-24(19-22)30(3,4)5)32-21(2)26-15-14-23(20-27(26)31)29(34)33-17-9-13-25(35-6)16-18-33;3*1-2/h7-8,10-12,14-15,19-20,25H,1,9,13,16-18H2,2-6H3;3*1-2H3/b28-10-,32-21?;;;. The first-order valence-corrected chi connectivity index (χ1v) is 15.6. The first kappa shape index (κ1) is 38.3. The summed E-state index contributed by atoms with van der Waals surface area (Å²) in [7, 11) is 1.74. The van der Waals surface area contributed by atoms with E-state index < -0.39 is 0 Å². The Morgan fingerprint density at radius 1 is 1.00 bits per heavy atom. The molecular weight excluding hydrogens is 528 g/mol. The number of amides is 1. The number of allylic oxidation sites excluding steroid dienone is 2. The molecule has 1 saturated heterocycles. The van der Waals surface area contributed by atoms with E-state index in [-0.39, 0.29) is 17.4 Å². The van der Waals surface area contributed by atoms with Crippen LogP contribution >= 0.6 is 11.6 Å². The summed E-state index contributed by atoms with van der Waals surface area (Å²) < 4.78 is 5.49. The fraction of sp³-hybridized carbons (Fsp3) is 0.500. The highest BCUT2D eigenvalue weighted by Gasteiger charge is 2.22. The molecule has 2 aromatic rings. The van der Waals surface area contributed by atoms with Crippen LogP contribution in [0.1, 0.15) is 116 Å². The zero-order valence-electron chi connectivity index (χ0n) is 27.6. The van der Waals surface area contributed by atoms with Crippen molar-refractivity contribution < 1.29 is 9.53 Å². The first-order valence-electron chi connectivity index (χ1n) is 15.2. The second-order valence-corrected chi connectivity index (χ2v) is 10.5. The van der Waals surface area contributed by atoms with E-state index in [0.29, 0.717) is 17.1 Å². The predicted molar refractivity (Wildman–Crippen MR) is 182 cm³/mol. The lowest BCUT2D eigenvalue weighted by atomic mass is 9.86. The van der Waals surface area contributed by atoms with Crippen LogP contribution in [-0.4, -0.2) is 42.8 Å². The largest absolute Gasteiger partial charge is 0.381 e. The van der Waals surface area contributed by atoms with Gasteiger partial charge in [-0.25, -0.2) is 0 Å². The summed E-state index contributed by atoms with van der Waals surface area (Å²) in [5.41, 5.74) is 5.30. The van der Waals surface area contributed by atoms with E-state index in [2.05, 4.69) is 51.6 Å². The van der Waals surface area contributed by atoms with Crippen LogP contribution < -0.4 is 0 Å². The van der Waals surface area contributed by atoms with Crippen molar-refractivity contribution in [1.82, 2.24) is 4.90 Å². The third-order valence-electron chi connectivity index (χ3n) is 6.49. The minimum atomic E-state index is 0.0102. The molecule has 1 aliphatic rings. The van der Waals surface area contributed by atoms with Gasteiger partial charge in [-0.15, -0.1) is 0 Å². The van der Waals surface area contributed by atoms with E-state index in [1.54, 1.807) is 19.3 Å². The van der Waals surface area contributed by atoms with Gasteiger partial charge in [0.05, 0.1) is 16.8 Å². The molecule has 0 spiro atoms. The number of carbonyl (C=O) groups excluding carboxylic acids is 1. The van der Waals surface area contributed by atoms with Crippen LogP contribution in [0.2, 0.25) is 5.02 Å². The van der Waals surface area contributed by atoms with Crippen LogP contribution in [0, 0.1) is 0 Å². The number of benzene rings is 2. The monoisotopic (exact) mass is 582 g/mol. The van der Waals surface area contributed by atoms with Crippen molar-refractivity contribution in [2.24, 2.45) is 4.99 Å². The molecule has 0 radical (unpaired) electrons. The number of likely N-dealkylation sites (tertiary alicyclic amines) is 1. The number of nitrogens with zero attached hydrogens (tertiary/aromatic N) is 2. The van der Waals surface area contributed by atoms with Crippen molar-refractivity contribution in [3.05, 3.63) is 88.5 Å². The van der Waals surface area contributed by atoms with E-state index in [0.717, 1.165) is 48.3 Å². The Bertz CT molecular complexity index is 1130. The molecule has 1 aliphatic heterocycles. The van der Waals surface area contributed by atoms with Crippen molar-refractivity contribution >= 4 is 28.9 Å². The molecule has 5 heteroatoms. The van der Waals surface area contributed by atoms with Crippen LogP contribution in [0.5, 0.6) is 0 Å². The summed E-state index contributed by atoms with van der Waals surface area (Å²) >= 11 is 6.67. The molecule has 1 unspecified atom stereocenters. The van der Waals surface area contributed by atoms with Gasteiger partial charge in [-0.05, 0) is 61.4 Å². The molecule has 228 valence electrons. The van der Waals surface area contributed by atoms with E-state index in [1.165, 1.54) is 5.56 Å². The molecule has 1 amide bonds. The lowest BCUT2D eigenvalue weighted by Gasteiger charge is -2.21. The maximum Gasteiger partial charge on any atom is 0.253 e. The van der Waals surface area contributed by atoms with Crippen molar-refractivity contribution in [3.63, 3.8) is 0 Å². The van der Waals surface area contributed by atoms with Crippen LogP contribution in [0.4, 0.5) is 0 Å². The summed E-state index contributed by atoms with van der Waals surface area (Å²) in [5, 5.41) is 0.517. The molecule has 0 aromatic heterocycles. The third kappa shape index (κ3) is 12.0. The Kier molecular flexibility index (Phi) is 18.9. The minimum absolute atomic E-state index is 0.0102. The Labute approximate surface area is 256 Å². The molecular formula is C36H55ClN2O2. The predicted octanol–water partition coefficient (Wildman–Crippen LogP) is 10.4. The average molecular weight is 583 g/mol. The topological polar surface area (TPSA) is 41.9 Å². The second-order valence-electron chi connectivity index (χ2n) is 10.1. The van der Waals surface area contributed by atoms with Gasteiger partial charge in [0.15, 0.2) is 0 Å². The maximum atomic E-state index is 13.1. The fourth-order valence-corrected chi connectivity index (χ4v) is 4.64. The quantitative estimate of drug-likeness (QED) is 0.251. The molecule has 0 N–H and O–H groups in total. The molecule has 1 heterocycles. The Morgan fingerprint density at radius 2 is 1.66 bits per heavy atom. The van der Waals surface area contributed by atoms with Crippen LogP contribution in [0.25, 0.3) is 5.70 Å². The van der Waals surface area contributed by atoms with Gasteiger partial charge >= 0.3 is 0 Å². The highest BCUT2D eigenvalue weighted by Crippen LogP contribution is 2.28. The molecule has 3 rings (SSSR count). The number of halogens is 1.